The zero-order valence-electron chi connectivity index (χ0n) is 20.9. The summed E-state index contributed by atoms with van der Waals surface area (Å²) in [6, 6.07) is 0. The standard InChI is InChI=1S/C28H46OS2/c1-25(2,3)23-21-9-17-7-18(10-21)14-27(23,13-17)30-29-31-28-15-19-8-20(16-28)12-22(11-19)24(28)26(4,5)6/h17-24H,7-16H2,1-6H3. The van der Waals surface area contributed by atoms with Crippen LogP contribution in [0.2, 0.25) is 0 Å². The lowest BCUT2D eigenvalue weighted by Gasteiger charge is -2.64. The maximum Gasteiger partial charge on any atom is 0.0476 e. The average molecular weight is 463 g/mol. The van der Waals surface area contributed by atoms with Crippen molar-refractivity contribution in [1.29, 1.82) is 0 Å². The second-order valence-corrected chi connectivity index (χ2v) is 17.8. The predicted octanol–water partition coefficient (Wildman–Crippen LogP) is 8.78. The van der Waals surface area contributed by atoms with E-state index in [4.69, 9.17) is 3.63 Å². The number of hydrogen-bond donors (Lipinski definition) is 0. The van der Waals surface area contributed by atoms with Crippen molar-refractivity contribution in [3.63, 3.8) is 0 Å². The first-order valence-corrected chi connectivity index (χ1v) is 15.0. The third kappa shape index (κ3) is 3.51. The van der Waals surface area contributed by atoms with Gasteiger partial charge in [-0.05, 0) is 122 Å². The Morgan fingerprint density at radius 1 is 0.548 bits per heavy atom. The Kier molecular flexibility index (Phi) is 5.07. The fraction of sp³-hybridized carbons (Fsp3) is 1.00. The van der Waals surface area contributed by atoms with Crippen LogP contribution < -0.4 is 0 Å². The molecule has 6 atom stereocenters. The molecule has 0 saturated heterocycles. The van der Waals surface area contributed by atoms with Crippen LogP contribution in [0, 0.1) is 58.2 Å². The van der Waals surface area contributed by atoms with E-state index in [1.54, 1.807) is 0 Å². The van der Waals surface area contributed by atoms with Gasteiger partial charge in [0.2, 0.25) is 0 Å². The van der Waals surface area contributed by atoms with Crippen molar-refractivity contribution in [1.82, 2.24) is 0 Å². The smallest absolute Gasteiger partial charge is 0.0476 e. The summed E-state index contributed by atoms with van der Waals surface area (Å²) in [5.74, 6) is 7.50. The SMILES string of the molecule is CC(C)(C)C1C2CC3CC(C2)CC1(SOSC12CC4CC(CC(C4)C1C(C)(C)C)C2)C3. The molecule has 8 saturated carbocycles. The minimum atomic E-state index is 0.388. The molecule has 1 nitrogen and oxygen atoms in total. The fourth-order valence-electron chi connectivity index (χ4n) is 11.3. The number of hydrogen-bond acceptors (Lipinski definition) is 3. The van der Waals surface area contributed by atoms with E-state index in [1.807, 2.05) is 24.1 Å². The molecular formula is C28H46OS2. The fourth-order valence-corrected chi connectivity index (χ4v) is 15.1. The molecule has 8 aliphatic rings. The van der Waals surface area contributed by atoms with E-state index in [0.717, 1.165) is 47.3 Å². The largest absolute Gasteiger partial charge is 0.246 e. The third-order valence-corrected chi connectivity index (χ3v) is 13.1. The van der Waals surface area contributed by atoms with Crippen molar-refractivity contribution < 1.29 is 3.63 Å². The molecule has 8 fully saturated rings. The van der Waals surface area contributed by atoms with E-state index in [0.29, 0.717) is 20.3 Å². The molecule has 6 unspecified atom stereocenters. The van der Waals surface area contributed by atoms with Gasteiger partial charge in [0.25, 0.3) is 0 Å². The molecule has 0 amide bonds. The van der Waals surface area contributed by atoms with Crippen molar-refractivity contribution in [3.05, 3.63) is 0 Å². The lowest BCUT2D eigenvalue weighted by atomic mass is 9.47. The first-order chi connectivity index (χ1) is 14.5. The Morgan fingerprint density at radius 2 is 0.871 bits per heavy atom. The van der Waals surface area contributed by atoms with Crippen LogP contribution in [-0.2, 0) is 3.63 Å². The minimum absolute atomic E-state index is 0.388. The molecule has 31 heavy (non-hydrogen) atoms. The summed E-state index contributed by atoms with van der Waals surface area (Å²) in [7, 11) is 0. The monoisotopic (exact) mass is 462 g/mol. The molecule has 8 aliphatic carbocycles. The molecule has 0 aromatic heterocycles. The Morgan fingerprint density at radius 3 is 1.16 bits per heavy atom. The normalized spacial score (nSPS) is 52.8. The van der Waals surface area contributed by atoms with Gasteiger partial charge in [0.1, 0.15) is 0 Å². The minimum Gasteiger partial charge on any atom is -0.246 e. The van der Waals surface area contributed by atoms with Crippen LogP contribution >= 0.6 is 24.1 Å². The lowest BCUT2D eigenvalue weighted by Crippen LogP contribution is -2.60. The van der Waals surface area contributed by atoms with Crippen molar-refractivity contribution in [3.8, 4) is 0 Å². The van der Waals surface area contributed by atoms with Crippen molar-refractivity contribution in [2.24, 2.45) is 58.2 Å². The molecule has 0 aromatic rings. The summed E-state index contributed by atoms with van der Waals surface area (Å²) >= 11 is 3.99. The predicted molar refractivity (Wildman–Crippen MR) is 135 cm³/mol. The molecule has 8 bridgehead atoms. The molecule has 0 aliphatic heterocycles. The first kappa shape index (κ1) is 22.1. The topological polar surface area (TPSA) is 9.23 Å². The van der Waals surface area contributed by atoms with Crippen molar-refractivity contribution in [2.75, 3.05) is 0 Å². The summed E-state index contributed by atoms with van der Waals surface area (Å²) in [5, 5.41) is 0. The first-order valence-electron chi connectivity index (χ1n) is 13.5. The van der Waals surface area contributed by atoms with Crippen LogP contribution in [0.5, 0.6) is 0 Å². The van der Waals surface area contributed by atoms with Crippen LogP contribution in [0.3, 0.4) is 0 Å². The molecule has 0 aromatic carbocycles. The third-order valence-electron chi connectivity index (χ3n) is 10.8. The van der Waals surface area contributed by atoms with Gasteiger partial charge in [-0.3, -0.25) is 0 Å². The van der Waals surface area contributed by atoms with E-state index in [-0.39, 0.29) is 0 Å². The average Bonchev–Trinajstić information content (AvgIpc) is 2.56. The van der Waals surface area contributed by atoms with Gasteiger partial charge in [0.15, 0.2) is 0 Å². The molecule has 3 heteroatoms. The van der Waals surface area contributed by atoms with E-state index >= 15 is 0 Å². The Labute approximate surface area is 200 Å². The molecule has 0 spiro atoms. The van der Waals surface area contributed by atoms with Gasteiger partial charge in [-0.2, -0.15) is 0 Å². The van der Waals surface area contributed by atoms with Gasteiger partial charge in [0, 0.05) is 33.6 Å². The van der Waals surface area contributed by atoms with Gasteiger partial charge in [-0.15, -0.1) is 0 Å². The quantitative estimate of drug-likeness (QED) is 0.386. The summed E-state index contributed by atoms with van der Waals surface area (Å²) in [6.07, 6.45) is 14.8. The van der Waals surface area contributed by atoms with E-state index in [1.165, 1.54) is 64.2 Å². The second-order valence-electron chi connectivity index (χ2n) is 15.3. The zero-order valence-corrected chi connectivity index (χ0v) is 22.5. The number of rotatable bonds is 4. The van der Waals surface area contributed by atoms with Crippen LogP contribution in [0.15, 0.2) is 0 Å². The highest BCUT2D eigenvalue weighted by Crippen LogP contribution is 2.70. The van der Waals surface area contributed by atoms with Crippen LogP contribution in [0.4, 0.5) is 0 Å². The van der Waals surface area contributed by atoms with Crippen molar-refractivity contribution in [2.45, 2.75) is 115 Å². The van der Waals surface area contributed by atoms with Gasteiger partial charge in [0.05, 0.1) is 0 Å². The molecule has 0 N–H and O–H groups in total. The summed E-state index contributed by atoms with van der Waals surface area (Å²) in [5.41, 5.74) is 0.793. The Balaban J connectivity index is 1.23. The van der Waals surface area contributed by atoms with E-state index in [2.05, 4.69) is 41.5 Å². The molecule has 176 valence electrons. The van der Waals surface area contributed by atoms with Gasteiger partial charge in [-0.25, -0.2) is 3.63 Å². The van der Waals surface area contributed by atoms with E-state index < -0.39 is 0 Å². The highest BCUT2D eigenvalue weighted by molar-refractivity contribution is 8.09. The highest BCUT2D eigenvalue weighted by atomic mass is 32.2. The molecule has 8 rings (SSSR count). The van der Waals surface area contributed by atoms with Crippen molar-refractivity contribution >= 4 is 24.1 Å². The lowest BCUT2D eigenvalue weighted by molar-refractivity contribution is -0.0653. The van der Waals surface area contributed by atoms with Crippen LogP contribution in [0.1, 0.15) is 106 Å². The maximum absolute atomic E-state index is 6.89. The van der Waals surface area contributed by atoms with Gasteiger partial charge in [-0.1, -0.05) is 41.5 Å². The summed E-state index contributed by atoms with van der Waals surface area (Å²) in [6.45, 7) is 15.1. The molecular weight excluding hydrogens is 416 g/mol. The van der Waals surface area contributed by atoms with Crippen LogP contribution in [-0.4, -0.2) is 9.49 Å². The summed E-state index contributed by atoms with van der Waals surface area (Å²) in [4.78, 5) is 0. The maximum atomic E-state index is 6.89. The van der Waals surface area contributed by atoms with Crippen LogP contribution in [0.25, 0.3) is 0 Å². The second kappa shape index (κ2) is 7.09. The zero-order chi connectivity index (χ0) is 21.8. The molecule has 0 heterocycles. The van der Waals surface area contributed by atoms with E-state index in [9.17, 15) is 0 Å². The van der Waals surface area contributed by atoms with Gasteiger partial charge < -0.3 is 0 Å². The highest BCUT2D eigenvalue weighted by Gasteiger charge is 2.63. The Hall–Kier alpha value is 0.660. The van der Waals surface area contributed by atoms with Gasteiger partial charge >= 0.3 is 0 Å². The summed E-state index contributed by atoms with van der Waals surface area (Å²) < 4.78 is 7.66. The Bertz CT molecular complexity index is 630. The molecule has 0 radical (unpaired) electrons.